The first kappa shape index (κ1) is 36.1. The summed E-state index contributed by atoms with van der Waals surface area (Å²) in [6, 6.07) is 68.9. The number of rotatable bonds is 6. The summed E-state index contributed by atoms with van der Waals surface area (Å²) in [4.78, 5) is 20.1. The molecule has 0 saturated carbocycles. The number of aromatic nitrogens is 4. The van der Waals surface area contributed by atoms with Crippen molar-refractivity contribution >= 4 is 54.4 Å². The minimum atomic E-state index is 0.573. The van der Waals surface area contributed by atoms with Gasteiger partial charge in [0.25, 0.3) is 0 Å². The zero-order valence-electron chi connectivity index (χ0n) is 33.7. The summed E-state index contributed by atoms with van der Waals surface area (Å²) in [5, 5.41) is 17.3. The normalized spacial score (nSPS) is 11.5. The van der Waals surface area contributed by atoms with Crippen LogP contribution < -0.4 is 0 Å². The molecule has 0 fully saturated rings. The van der Waals surface area contributed by atoms with E-state index < -0.39 is 0 Å². The lowest BCUT2D eigenvalue weighted by Crippen LogP contribution is -2.00. The second kappa shape index (κ2) is 14.7. The highest BCUT2D eigenvalue weighted by atomic mass is 16.3. The number of nitrogens with zero attached hydrogens (tertiary/aromatic N) is 5. The molecule has 12 rings (SSSR count). The average molecular weight is 804 g/mol. The van der Waals surface area contributed by atoms with Crippen LogP contribution in [0, 0.1) is 11.3 Å². The molecule has 0 aliphatic heterocycles. The van der Waals surface area contributed by atoms with Gasteiger partial charge in [0.15, 0.2) is 17.5 Å². The molecule has 0 aliphatic carbocycles. The summed E-state index contributed by atoms with van der Waals surface area (Å²) >= 11 is 0. The Balaban J connectivity index is 0.974. The van der Waals surface area contributed by atoms with Crippen molar-refractivity contribution in [2.75, 3.05) is 0 Å². The molecule has 6 nitrogen and oxygen atoms in total. The molecule has 9 aromatic carbocycles. The SMILES string of the molecule is N#Cc1ccc(-c2cc3c4ccccc4c(-c4cccc(-c5cccc(-c6nc(-c7ccccc7)nc(-c7ccc8c(c7)oc7ccccc78)n6)c5)c4)cc3c3cccnc23)cc1. The van der Waals surface area contributed by atoms with Gasteiger partial charge in [0.1, 0.15) is 11.2 Å². The average Bonchev–Trinajstić information content (AvgIpc) is 3.74. The molecule has 3 heterocycles. The fourth-order valence-electron chi connectivity index (χ4n) is 8.93. The number of hydrogen-bond donors (Lipinski definition) is 0. The summed E-state index contributed by atoms with van der Waals surface area (Å²) in [7, 11) is 0. The predicted octanol–water partition coefficient (Wildman–Crippen LogP) is 14.5. The Morgan fingerprint density at radius 1 is 0.349 bits per heavy atom. The third-order valence-corrected chi connectivity index (χ3v) is 12.0. The first-order chi connectivity index (χ1) is 31.1. The van der Waals surface area contributed by atoms with Crippen LogP contribution >= 0.6 is 0 Å². The highest BCUT2D eigenvalue weighted by molar-refractivity contribution is 6.23. The molecule has 12 aromatic rings. The predicted molar refractivity (Wildman–Crippen MR) is 255 cm³/mol. The van der Waals surface area contributed by atoms with Gasteiger partial charge in [-0.15, -0.1) is 0 Å². The number of pyridine rings is 1. The smallest absolute Gasteiger partial charge is 0.164 e. The van der Waals surface area contributed by atoms with E-state index in [4.69, 9.17) is 24.4 Å². The Labute approximate surface area is 362 Å². The molecule has 0 spiro atoms. The van der Waals surface area contributed by atoms with E-state index in [2.05, 4.69) is 115 Å². The Morgan fingerprint density at radius 3 is 1.68 bits per heavy atom. The van der Waals surface area contributed by atoms with Crippen LogP contribution in [0.25, 0.3) is 122 Å². The number of para-hydroxylation sites is 1. The van der Waals surface area contributed by atoms with Crippen LogP contribution in [0.3, 0.4) is 0 Å². The summed E-state index contributed by atoms with van der Waals surface area (Å²) in [5.74, 6) is 1.76. The van der Waals surface area contributed by atoms with Crippen LogP contribution in [0.1, 0.15) is 5.56 Å². The van der Waals surface area contributed by atoms with Gasteiger partial charge in [-0.25, -0.2) is 15.0 Å². The van der Waals surface area contributed by atoms with Gasteiger partial charge in [-0.1, -0.05) is 133 Å². The maximum atomic E-state index is 9.45. The summed E-state index contributed by atoms with van der Waals surface area (Å²) in [5.41, 5.74) is 12.3. The van der Waals surface area contributed by atoms with Crippen molar-refractivity contribution in [1.29, 1.82) is 5.26 Å². The lowest BCUT2D eigenvalue weighted by Gasteiger charge is -2.16. The van der Waals surface area contributed by atoms with E-state index in [9.17, 15) is 5.26 Å². The lowest BCUT2D eigenvalue weighted by atomic mass is 9.88. The Morgan fingerprint density at radius 2 is 0.905 bits per heavy atom. The molecule has 0 radical (unpaired) electrons. The third-order valence-electron chi connectivity index (χ3n) is 12.0. The number of furan rings is 1. The van der Waals surface area contributed by atoms with E-state index in [-0.39, 0.29) is 0 Å². The maximum Gasteiger partial charge on any atom is 0.164 e. The molecule has 6 heteroatoms. The molecule has 63 heavy (non-hydrogen) atoms. The van der Waals surface area contributed by atoms with Crippen molar-refractivity contribution < 1.29 is 4.42 Å². The molecule has 3 aromatic heterocycles. The van der Waals surface area contributed by atoms with Gasteiger partial charge < -0.3 is 4.42 Å². The van der Waals surface area contributed by atoms with Gasteiger partial charge >= 0.3 is 0 Å². The van der Waals surface area contributed by atoms with E-state index >= 15 is 0 Å². The van der Waals surface area contributed by atoms with Gasteiger partial charge in [0, 0.05) is 44.6 Å². The van der Waals surface area contributed by atoms with Crippen LogP contribution in [0.5, 0.6) is 0 Å². The highest BCUT2D eigenvalue weighted by Crippen LogP contribution is 2.42. The Bertz CT molecular complexity index is 3810. The van der Waals surface area contributed by atoms with Gasteiger partial charge in [-0.05, 0) is 110 Å². The highest BCUT2D eigenvalue weighted by Gasteiger charge is 2.18. The number of nitriles is 1. The molecule has 0 saturated heterocycles. The molecule has 0 unspecified atom stereocenters. The second-order valence-corrected chi connectivity index (χ2v) is 15.7. The maximum absolute atomic E-state index is 9.45. The van der Waals surface area contributed by atoms with Crippen LogP contribution in [0.2, 0.25) is 0 Å². The number of hydrogen-bond acceptors (Lipinski definition) is 6. The van der Waals surface area contributed by atoms with Gasteiger partial charge in [-0.3, -0.25) is 4.98 Å². The molecule has 0 amide bonds. The molecule has 0 bridgehead atoms. The topological polar surface area (TPSA) is 88.5 Å². The van der Waals surface area contributed by atoms with Crippen LogP contribution in [0.15, 0.2) is 205 Å². The third kappa shape index (κ3) is 6.27. The van der Waals surface area contributed by atoms with E-state index in [1.165, 1.54) is 0 Å². The van der Waals surface area contributed by atoms with Gasteiger partial charge in [-0.2, -0.15) is 5.26 Å². The number of benzene rings is 9. The minimum Gasteiger partial charge on any atom is -0.456 e. The largest absolute Gasteiger partial charge is 0.456 e. The van der Waals surface area contributed by atoms with Crippen molar-refractivity contribution in [3.63, 3.8) is 0 Å². The first-order valence-corrected chi connectivity index (χ1v) is 20.8. The van der Waals surface area contributed by atoms with Crippen molar-refractivity contribution in [3.8, 4) is 73.6 Å². The van der Waals surface area contributed by atoms with Crippen molar-refractivity contribution in [2.45, 2.75) is 0 Å². The fraction of sp³-hybridized carbons (Fsp3) is 0. The molecule has 292 valence electrons. The fourth-order valence-corrected chi connectivity index (χ4v) is 8.93. The first-order valence-electron chi connectivity index (χ1n) is 20.8. The van der Waals surface area contributed by atoms with Crippen LogP contribution in [-0.4, -0.2) is 19.9 Å². The van der Waals surface area contributed by atoms with Crippen LogP contribution in [0.4, 0.5) is 0 Å². The molecular formula is C57H33N5O. The van der Waals surface area contributed by atoms with Crippen molar-refractivity contribution in [2.24, 2.45) is 0 Å². The molecule has 0 N–H and O–H groups in total. The summed E-state index contributed by atoms with van der Waals surface area (Å²) < 4.78 is 6.26. The lowest BCUT2D eigenvalue weighted by molar-refractivity contribution is 0.669. The van der Waals surface area contributed by atoms with E-state index in [0.29, 0.717) is 23.0 Å². The molecular weight excluding hydrogens is 771 g/mol. The van der Waals surface area contributed by atoms with E-state index in [1.807, 2.05) is 91.1 Å². The molecule has 0 aliphatic rings. The van der Waals surface area contributed by atoms with Crippen molar-refractivity contribution in [3.05, 3.63) is 206 Å². The molecule has 0 atom stereocenters. The summed E-state index contributed by atoms with van der Waals surface area (Å²) in [6.45, 7) is 0. The zero-order chi connectivity index (χ0) is 41.9. The minimum absolute atomic E-state index is 0.573. The van der Waals surface area contributed by atoms with E-state index in [1.54, 1.807) is 0 Å². The van der Waals surface area contributed by atoms with E-state index in [0.717, 1.165) is 104 Å². The standard InChI is InChI=1S/C57H33N5O/c58-34-35-22-24-36(25-23-35)49-33-50-44-18-5-4-17-43(44)48(32-51(50)47-20-10-28-59-54(47)49)40-15-8-13-38(29-40)39-14-9-16-41(30-39)56-60-55(37-11-2-1-3-12-37)61-57(62-56)42-26-27-46-45-19-6-7-21-52(45)63-53(46)31-42/h1-33H. The Hall–Kier alpha value is -8.79. The second-order valence-electron chi connectivity index (χ2n) is 15.7. The monoisotopic (exact) mass is 803 g/mol. The number of fused-ring (bicyclic) bond motifs is 8. The zero-order valence-corrected chi connectivity index (χ0v) is 33.7. The van der Waals surface area contributed by atoms with Crippen LogP contribution in [-0.2, 0) is 0 Å². The Kier molecular flexibility index (Phi) is 8.44. The van der Waals surface area contributed by atoms with Gasteiger partial charge in [0.2, 0.25) is 0 Å². The van der Waals surface area contributed by atoms with Gasteiger partial charge in [0.05, 0.1) is 17.1 Å². The van der Waals surface area contributed by atoms with Crippen molar-refractivity contribution in [1.82, 2.24) is 19.9 Å². The summed E-state index contributed by atoms with van der Waals surface area (Å²) in [6.07, 6.45) is 1.85. The quantitative estimate of drug-likeness (QED) is 0.156.